The topological polar surface area (TPSA) is 68.5 Å². The van der Waals surface area contributed by atoms with E-state index in [1.54, 1.807) is 17.8 Å². The second-order valence-corrected chi connectivity index (χ2v) is 4.14. The van der Waals surface area contributed by atoms with E-state index >= 15 is 0 Å². The number of imidazole rings is 1. The molecule has 3 rings (SSSR count). The van der Waals surface area contributed by atoms with Crippen LogP contribution in [0.3, 0.4) is 0 Å². The fourth-order valence-corrected chi connectivity index (χ4v) is 1.95. The van der Waals surface area contributed by atoms with E-state index in [1.807, 2.05) is 36.4 Å². The Morgan fingerprint density at radius 2 is 2.20 bits per heavy atom. The number of aromatic nitrogens is 3. The van der Waals surface area contributed by atoms with Crippen LogP contribution >= 0.6 is 0 Å². The van der Waals surface area contributed by atoms with Gasteiger partial charge in [0, 0.05) is 5.56 Å². The van der Waals surface area contributed by atoms with Crippen LogP contribution < -0.4 is 10.1 Å². The fraction of sp³-hybridized carbons (Fsp3) is 0.0714. The molecule has 0 aliphatic carbocycles. The number of hydrogen-bond donors (Lipinski definition) is 1. The van der Waals surface area contributed by atoms with E-state index in [-0.39, 0.29) is 0 Å². The van der Waals surface area contributed by atoms with Crippen molar-refractivity contribution in [2.24, 2.45) is 0 Å². The number of amides is 1. The van der Waals surface area contributed by atoms with Crippen LogP contribution in [-0.4, -0.2) is 28.1 Å². The van der Waals surface area contributed by atoms with E-state index in [2.05, 4.69) is 15.4 Å². The van der Waals surface area contributed by atoms with E-state index < -0.39 is 0 Å². The Labute approximate surface area is 115 Å². The van der Waals surface area contributed by atoms with Crippen LogP contribution in [0, 0.1) is 0 Å². The summed E-state index contributed by atoms with van der Waals surface area (Å²) in [5.74, 6) is 1.24. The van der Waals surface area contributed by atoms with Crippen LogP contribution in [0.15, 0.2) is 42.6 Å². The molecule has 2 aromatic heterocycles. The number of ether oxygens (including phenoxy) is 1. The van der Waals surface area contributed by atoms with Crippen LogP contribution in [0.25, 0.3) is 16.9 Å². The summed E-state index contributed by atoms with van der Waals surface area (Å²) in [7, 11) is 1.63. The molecule has 0 saturated carbocycles. The lowest BCUT2D eigenvalue weighted by atomic mass is 10.1. The highest BCUT2D eigenvalue weighted by Crippen LogP contribution is 2.22. The average molecular weight is 268 g/mol. The minimum atomic E-state index is 0.468. The van der Waals surface area contributed by atoms with Gasteiger partial charge in [0.15, 0.2) is 11.5 Å². The Balaban J connectivity index is 2.05. The number of nitrogens with one attached hydrogen (secondary N) is 1. The number of methoxy groups -OCH3 is 1. The number of fused-ring (bicyclic) bond motifs is 1. The van der Waals surface area contributed by atoms with E-state index in [1.165, 1.54) is 0 Å². The van der Waals surface area contributed by atoms with E-state index in [4.69, 9.17) is 4.74 Å². The van der Waals surface area contributed by atoms with Crippen LogP contribution in [0.4, 0.5) is 5.82 Å². The van der Waals surface area contributed by atoms with E-state index in [9.17, 15) is 4.79 Å². The number of hydrogen-bond acceptors (Lipinski definition) is 4. The zero-order valence-corrected chi connectivity index (χ0v) is 10.8. The van der Waals surface area contributed by atoms with Crippen molar-refractivity contribution in [3.63, 3.8) is 0 Å². The molecule has 0 spiro atoms. The SMILES string of the molecule is COc1cccc(-c2ccc3nc(NC=O)cn3n2)c1. The summed E-state index contributed by atoms with van der Waals surface area (Å²) in [4.78, 5) is 14.6. The van der Waals surface area contributed by atoms with Gasteiger partial charge in [0.2, 0.25) is 6.41 Å². The molecule has 0 aliphatic rings. The molecule has 6 nitrogen and oxygen atoms in total. The largest absolute Gasteiger partial charge is 0.497 e. The van der Waals surface area contributed by atoms with Gasteiger partial charge in [-0.2, -0.15) is 5.10 Å². The maximum absolute atomic E-state index is 10.4. The number of nitrogens with zero attached hydrogens (tertiary/aromatic N) is 3. The zero-order chi connectivity index (χ0) is 13.9. The standard InChI is InChI=1S/C14H12N4O2/c1-20-11-4-2-3-10(7-11)12-5-6-14-16-13(15-9-19)8-18(14)17-12/h2-9H,1H3,(H,15,19). The molecule has 0 bridgehead atoms. The summed E-state index contributed by atoms with van der Waals surface area (Å²) in [6, 6.07) is 11.4. The highest BCUT2D eigenvalue weighted by Gasteiger charge is 2.05. The van der Waals surface area contributed by atoms with Gasteiger partial charge >= 0.3 is 0 Å². The monoisotopic (exact) mass is 268 g/mol. The van der Waals surface area contributed by atoms with Crippen molar-refractivity contribution in [2.45, 2.75) is 0 Å². The Bertz CT molecular complexity index is 767. The molecule has 6 heteroatoms. The molecule has 100 valence electrons. The molecule has 1 aromatic carbocycles. The summed E-state index contributed by atoms with van der Waals surface area (Å²) in [5, 5.41) is 6.97. The third kappa shape index (κ3) is 2.18. The Hall–Kier alpha value is -2.89. The molecule has 1 amide bonds. The van der Waals surface area contributed by atoms with Crippen molar-refractivity contribution in [3.05, 3.63) is 42.6 Å². The van der Waals surface area contributed by atoms with E-state index in [0.29, 0.717) is 17.9 Å². The molecular formula is C14H12N4O2. The van der Waals surface area contributed by atoms with E-state index in [0.717, 1.165) is 17.0 Å². The predicted molar refractivity (Wildman–Crippen MR) is 74.7 cm³/mol. The molecule has 0 unspecified atom stereocenters. The molecule has 0 atom stereocenters. The van der Waals surface area contributed by atoms with Gasteiger partial charge in [-0.3, -0.25) is 4.79 Å². The van der Waals surface area contributed by atoms with Gasteiger partial charge in [-0.25, -0.2) is 9.50 Å². The lowest BCUT2D eigenvalue weighted by Gasteiger charge is -2.04. The molecule has 0 fully saturated rings. The van der Waals surface area contributed by atoms with Crippen LogP contribution in [0.1, 0.15) is 0 Å². The average Bonchev–Trinajstić information content (AvgIpc) is 2.89. The van der Waals surface area contributed by atoms with Gasteiger partial charge in [0.25, 0.3) is 0 Å². The molecule has 20 heavy (non-hydrogen) atoms. The summed E-state index contributed by atoms with van der Waals surface area (Å²) in [6.45, 7) is 0. The lowest BCUT2D eigenvalue weighted by Crippen LogP contribution is -1.94. The highest BCUT2D eigenvalue weighted by molar-refractivity contribution is 5.70. The maximum atomic E-state index is 10.4. The van der Waals surface area contributed by atoms with Crippen molar-refractivity contribution in [3.8, 4) is 17.0 Å². The molecular weight excluding hydrogens is 256 g/mol. The van der Waals surface area contributed by atoms with Crippen molar-refractivity contribution in [1.82, 2.24) is 14.6 Å². The normalized spacial score (nSPS) is 10.4. The molecule has 3 aromatic rings. The van der Waals surface area contributed by atoms with Gasteiger partial charge < -0.3 is 10.1 Å². The first-order valence-corrected chi connectivity index (χ1v) is 6.01. The van der Waals surface area contributed by atoms with Crippen molar-refractivity contribution >= 4 is 17.9 Å². The summed E-state index contributed by atoms with van der Waals surface area (Å²) in [6.07, 6.45) is 2.25. The number of carbonyl (C=O) groups excluding carboxylic acids is 1. The van der Waals surface area contributed by atoms with Crippen LogP contribution in [0.5, 0.6) is 5.75 Å². The maximum Gasteiger partial charge on any atom is 0.212 e. The third-order valence-corrected chi connectivity index (χ3v) is 2.89. The first-order valence-electron chi connectivity index (χ1n) is 6.01. The first-order chi connectivity index (χ1) is 9.80. The van der Waals surface area contributed by atoms with Gasteiger partial charge in [0.1, 0.15) is 5.75 Å². The van der Waals surface area contributed by atoms with Gasteiger partial charge in [0.05, 0.1) is 19.0 Å². The Kier molecular flexibility index (Phi) is 3.04. The number of carbonyl (C=O) groups is 1. The zero-order valence-electron chi connectivity index (χ0n) is 10.8. The smallest absolute Gasteiger partial charge is 0.212 e. The first kappa shape index (κ1) is 12.2. The van der Waals surface area contributed by atoms with Gasteiger partial charge in [-0.1, -0.05) is 12.1 Å². The minimum Gasteiger partial charge on any atom is -0.497 e. The summed E-state index contributed by atoms with van der Waals surface area (Å²) >= 11 is 0. The third-order valence-electron chi connectivity index (χ3n) is 2.89. The van der Waals surface area contributed by atoms with Crippen molar-refractivity contribution in [2.75, 3.05) is 12.4 Å². The predicted octanol–water partition coefficient (Wildman–Crippen LogP) is 1.97. The molecule has 2 heterocycles. The lowest BCUT2D eigenvalue weighted by molar-refractivity contribution is -0.105. The van der Waals surface area contributed by atoms with Crippen LogP contribution in [0.2, 0.25) is 0 Å². The number of anilines is 1. The number of rotatable bonds is 4. The molecule has 1 N–H and O–H groups in total. The summed E-state index contributed by atoms with van der Waals surface area (Å²) < 4.78 is 6.83. The van der Waals surface area contributed by atoms with Crippen molar-refractivity contribution < 1.29 is 9.53 Å². The molecule has 0 radical (unpaired) electrons. The number of benzene rings is 1. The Morgan fingerprint density at radius 1 is 1.30 bits per heavy atom. The quantitative estimate of drug-likeness (QED) is 0.734. The Morgan fingerprint density at radius 3 is 3.00 bits per heavy atom. The second-order valence-electron chi connectivity index (χ2n) is 4.14. The van der Waals surface area contributed by atoms with Gasteiger partial charge in [-0.05, 0) is 24.3 Å². The molecule has 0 aliphatic heterocycles. The fourth-order valence-electron chi connectivity index (χ4n) is 1.95. The van der Waals surface area contributed by atoms with Crippen LogP contribution in [-0.2, 0) is 4.79 Å². The van der Waals surface area contributed by atoms with Crippen molar-refractivity contribution in [1.29, 1.82) is 0 Å². The minimum absolute atomic E-state index is 0.468. The highest BCUT2D eigenvalue weighted by atomic mass is 16.5. The van der Waals surface area contributed by atoms with Gasteiger partial charge in [-0.15, -0.1) is 0 Å². The second kappa shape index (κ2) is 5.00. The summed E-state index contributed by atoms with van der Waals surface area (Å²) in [5.41, 5.74) is 2.41. The molecule has 0 saturated heterocycles.